The molecule has 0 atom stereocenters. The maximum absolute atomic E-state index is 11.6. The van der Waals surface area contributed by atoms with Crippen molar-refractivity contribution in [1.82, 2.24) is 9.97 Å². The highest BCUT2D eigenvalue weighted by atomic mass is 16.1. The van der Waals surface area contributed by atoms with Crippen LogP contribution in [0, 0.1) is 0 Å². The van der Waals surface area contributed by atoms with Crippen LogP contribution in [0.2, 0.25) is 0 Å². The molecule has 0 radical (unpaired) electrons. The maximum atomic E-state index is 11.6. The number of nitrogens with one attached hydrogen (secondary N) is 1. The van der Waals surface area contributed by atoms with Gasteiger partial charge in [0.15, 0.2) is 5.82 Å². The second kappa shape index (κ2) is 4.44. The second-order valence-electron chi connectivity index (χ2n) is 3.81. The Hall–Kier alpha value is -1.36. The van der Waals surface area contributed by atoms with Crippen LogP contribution >= 0.6 is 0 Å². The molecule has 15 heavy (non-hydrogen) atoms. The molecule has 5 heteroatoms. The molecule has 0 amide bonds. The molecule has 1 aromatic rings. The standard InChI is InChI=1S/C10H16N4O/c11-4-1-7-14(8-2-3-8)9-10(15)13-6-5-12-9/h5-6,8H,1-4,7,11H2,(H,13,15). The Morgan fingerprint density at radius 1 is 1.60 bits per heavy atom. The van der Waals surface area contributed by atoms with E-state index in [9.17, 15) is 4.79 Å². The SMILES string of the molecule is NCCCN(c1ncc[nH]c1=O)C1CC1. The van der Waals surface area contributed by atoms with Gasteiger partial charge in [-0.15, -0.1) is 0 Å². The van der Waals surface area contributed by atoms with Crippen LogP contribution in [0.25, 0.3) is 0 Å². The molecule has 5 nitrogen and oxygen atoms in total. The molecule has 0 aliphatic heterocycles. The van der Waals surface area contributed by atoms with Crippen LogP contribution in [0.1, 0.15) is 19.3 Å². The Bertz CT molecular complexity index is 372. The lowest BCUT2D eigenvalue weighted by atomic mass is 10.3. The van der Waals surface area contributed by atoms with Crippen LogP contribution in [-0.2, 0) is 0 Å². The first-order chi connectivity index (χ1) is 7.33. The Labute approximate surface area is 88.3 Å². The van der Waals surface area contributed by atoms with Crippen molar-refractivity contribution in [2.75, 3.05) is 18.0 Å². The summed E-state index contributed by atoms with van der Waals surface area (Å²) in [6.07, 6.45) is 6.38. The number of aromatic nitrogens is 2. The van der Waals surface area contributed by atoms with Gasteiger partial charge in [-0.2, -0.15) is 0 Å². The molecule has 0 spiro atoms. The Kier molecular flexibility index (Phi) is 3.01. The van der Waals surface area contributed by atoms with Crippen LogP contribution in [0.5, 0.6) is 0 Å². The molecular weight excluding hydrogens is 192 g/mol. The fourth-order valence-corrected chi connectivity index (χ4v) is 1.66. The van der Waals surface area contributed by atoms with Gasteiger partial charge in [0, 0.05) is 25.0 Å². The molecule has 1 aliphatic rings. The molecule has 1 aromatic heterocycles. The molecule has 82 valence electrons. The zero-order valence-corrected chi connectivity index (χ0v) is 8.65. The molecule has 1 fully saturated rings. The van der Waals surface area contributed by atoms with Crippen molar-refractivity contribution in [2.45, 2.75) is 25.3 Å². The summed E-state index contributed by atoms with van der Waals surface area (Å²) in [5.41, 5.74) is 5.37. The van der Waals surface area contributed by atoms with Crippen molar-refractivity contribution in [3.8, 4) is 0 Å². The van der Waals surface area contributed by atoms with Gasteiger partial charge in [-0.3, -0.25) is 4.79 Å². The zero-order valence-electron chi connectivity index (χ0n) is 8.65. The second-order valence-corrected chi connectivity index (χ2v) is 3.81. The van der Waals surface area contributed by atoms with E-state index in [0.29, 0.717) is 18.4 Å². The van der Waals surface area contributed by atoms with Crippen LogP contribution < -0.4 is 16.2 Å². The number of H-pyrrole nitrogens is 1. The molecule has 0 unspecified atom stereocenters. The first-order valence-electron chi connectivity index (χ1n) is 5.33. The van der Waals surface area contributed by atoms with Crippen molar-refractivity contribution in [3.63, 3.8) is 0 Å². The molecule has 1 heterocycles. The predicted octanol–water partition coefficient (Wildman–Crippen LogP) is 0.0875. The first kappa shape index (κ1) is 10.2. The largest absolute Gasteiger partial charge is 0.349 e. The molecule has 1 saturated carbocycles. The lowest BCUT2D eigenvalue weighted by molar-refractivity contribution is 0.717. The Balaban J connectivity index is 2.16. The van der Waals surface area contributed by atoms with Gasteiger partial charge < -0.3 is 15.6 Å². The summed E-state index contributed by atoms with van der Waals surface area (Å²) in [6, 6.07) is 0.493. The fraction of sp³-hybridized carbons (Fsp3) is 0.600. The van der Waals surface area contributed by atoms with E-state index in [-0.39, 0.29) is 5.56 Å². The smallest absolute Gasteiger partial charge is 0.290 e. The molecule has 0 aromatic carbocycles. The quantitative estimate of drug-likeness (QED) is 0.719. The van der Waals surface area contributed by atoms with Crippen LogP contribution in [0.4, 0.5) is 5.82 Å². The third-order valence-corrected chi connectivity index (χ3v) is 2.55. The lowest BCUT2D eigenvalue weighted by Crippen LogP contribution is -2.33. The van der Waals surface area contributed by atoms with E-state index in [0.717, 1.165) is 25.8 Å². The highest BCUT2D eigenvalue weighted by molar-refractivity contribution is 5.38. The van der Waals surface area contributed by atoms with Crippen molar-refractivity contribution >= 4 is 5.82 Å². The number of hydrogen-bond donors (Lipinski definition) is 2. The van der Waals surface area contributed by atoms with E-state index in [4.69, 9.17) is 5.73 Å². The predicted molar refractivity (Wildman–Crippen MR) is 58.9 cm³/mol. The third kappa shape index (κ3) is 2.36. The van der Waals surface area contributed by atoms with Crippen LogP contribution in [-0.4, -0.2) is 29.1 Å². The molecule has 2 rings (SSSR count). The highest BCUT2D eigenvalue weighted by Gasteiger charge is 2.30. The van der Waals surface area contributed by atoms with Crippen LogP contribution in [0.3, 0.4) is 0 Å². The normalized spacial score (nSPS) is 15.3. The van der Waals surface area contributed by atoms with Gasteiger partial charge in [0.25, 0.3) is 5.56 Å². The Morgan fingerprint density at radius 3 is 3.00 bits per heavy atom. The number of aromatic amines is 1. The summed E-state index contributed by atoms with van der Waals surface area (Å²) in [7, 11) is 0. The minimum Gasteiger partial charge on any atom is -0.349 e. The van der Waals surface area contributed by atoms with Crippen LogP contribution in [0.15, 0.2) is 17.2 Å². The fourth-order valence-electron chi connectivity index (χ4n) is 1.66. The van der Waals surface area contributed by atoms with Crippen molar-refractivity contribution < 1.29 is 0 Å². The van der Waals surface area contributed by atoms with Gasteiger partial charge >= 0.3 is 0 Å². The molecule has 1 aliphatic carbocycles. The van der Waals surface area contributed by atoms with E-state index in [2.05, 4.69) is 14.9 Å². The first-order valence-corrected chi connectivity index (χ1v) is 5.33. The number of nitrogens with zero attached hydrogens (tertiary/aromatic N) is 2. The average molecular weight is 208 g/mol. The number of rotatable bonds is 5. The highest BCUT2D eigenvalue weighted by Crippen LogP contribution is 2.28. The summed E-state index contributed by atoms with van der Waals surface area (Å²) < 4.78 is 0. The number of hydrogen-bond acceptors (Lipinski definition) is 4. The van der Waals surface area contributed by atoms with E-state index < -0.39 is 0 Å². The third-order valence-electron chi connectivity index (χ3n) is 2.55. The summed E-state index contributed by atoms with van der Waals surface area (Å²) in [6.45, 7) is 1.47. The van der Waals surface area contributed by atoms with E-state index in [1.54, 1.807) is 12.4 Å². The maximum Gasteiger partial charge on any atom is 0.290 e. The topological polar surface area (TPSA) is 75.0 Å². The van der Waals surface area contributed by atoms with E-state index in [1.165, 1.54) is 0 Å². The summed E-state index contributed by atoms with van der Waals surface area (Å²) >= 11 is 0. The average Bonchev–Trinajstić information content (AvgIpc) is 3.05. The zero-order chi connectivity index (χ0) is 10.7. The van der Waals surface area contributed by atoms with E-state index >= 15 is 0 Å². The van der Waals surface area contributed by atoms with Gasteiger partial charge in [-0.25, -0.2) is 4.98 Å². The Morgan fingerprint density at radius 2 is 2.40 bits per heavy atom. The summed E-state index contributed by atoms with van der Waals surface area (Å²) in [4.78, 5) is 20.4. The molecule has 3 N–H and O–H groups in total. The van der Waals surface area contributed by atoms with Gasteiger partial charge in [-0.05, 0) is 25.8 Å². The number of anilines is 1. The monoisotopic (exact) mass is 208 g/mol. The molecule has 0 saturated heterocycles. The van der Waals surface area contributed by atoms with E-state index in [1.807, 2.05) is 0 Å². The summed E-state index contributed by atoms with van der Waals surface area (Å²) in [5, 5.41) is 0. The summed E-state index contributed by atoms with van der Waals surface area (Å²) in [5.74, 6) is 0.536. The molecule has 0 bridgehead atoms. The van der Waals surface area contributed by atoms with Gasteiger partial charge in [0.1, 0.15) is 0 Å². The van der Waals surface area contributed by atoms with Crippen molar-refractivity contribution in [1.29, 1.82) is 0 Å². The number of nitrogens with two attached hydrogens (primary N) is 1. The minimum absolute atomic E-state index is 0.110. The minimum atomic E-state index is -0.110. The lowest BCUT2D eigenvalue weighted by Gasteiger charge is -2.21. The van der Waals surface area contributed by atoms with Gasteiger partial charge in [0.05, 0.1) is 0 Å². The van der Waals surface area contributed by atoms with Gasteiger partial charge in [-0.1, -0.05) is 0 Å². The van der Waals surface area contributed by atoms with Crippen molar-refractivity contribution in [2.24, 2.45) is 5.73 Å². The molecular formula is C10H16N4O. The van der Waals surface area contributed by atoms with Gasteiger partial charge in [0.2, 0.25) is 0 Å². The van der Waals surface area contributed by atoms with Crippen molar-refractivity contribution in [3.05, 3.63) is 22.7 Å².